The second-order valence-electron chi connectivity index (χ2n) is 3.96. The quantitative estimate of drug-likeness (QED) is 0.856. The largest absolute Gasteiger partial charge is 0.481 e. The molecule has 2 heterocycles. The van der Waals surface area contributed by atoms with E-state index in [0.29, 0.717) is 11.7 Å². The van der Waals surface area contributed by atoms with E-state index in [4.69, 9.17) is 21.1 Å². The SMILES string of the molecule is COc1cc(-c2nc(Cl)nc(OC(C)C)n2)ccn1. The molecule has 0 unspecified atom stereocenters. The molecule has 0 amide bonds. The Morgan fingerprint density at radius 1 is 1.21 bits per heavy atom. The van der Waals surface area contributed by atoms with E-state index in [9.17, 15) is 0 Å². The Labute approximate surface area is 115 Å². The van der Waals surface area contributed by atoms with Crippen LogP contribution in [-0.2, 0) is 0 Å². The molecule has 7 heteroatoms. The van der Waals surface area contributed by atoms with Crippen molar-refractivity contribution in [3.8, 4) is 23.3 Å². The molecule has 0 aliphatic heterocycles. The minimum absolute atomic E-state index is 0.0432. The summed E-state index contributed by atoms with van der Waals surface area (Å²) in [6, 6.07) is 3.67. The summed E-state index contributed by atoms with van der Waals surface area (Å²) in [5.41, 5.74) is 0.727. The molecule has 2 rings (SSSR count). The number of ether oxygens (including phenoxy) is 2. The van der Waals surface area contributed by atoms with Crippen LogP contribution in [0.5, 0.6) is 11.9 Å². The number of pyridine rings is 1. The van der Waals surface area contributed by atoms with E-state index in [1.807, 2.05) is 13.8 Å². The number of hydrogen-bond acceptors (Lipinski definition) is 6. The third-order valence-electron chi connectivity index (χ3n) is 2.13. The van der Waals surface area contributed by atoms with Gasteiger partial charge in [-0.05, 0) is 31.5 Å². The Hall–Kier alpha value is -1.95. The van der Waals surface area contributed by atoms with Crippen LogP contribution in [0.15, 0.2) is 18.3 Å². The zero-order valence-electron chi connectivity index (χ0n) is 10.8. The summed E-state index contributed by atoms with van der Waals surface area (Å²) in [5.74, 6) is 0.886. The summed E-state index contributed by atoms with van der Waals surface area (Å²) in [4.78, 5) is 16.2. The van der Waals surface area contributed by atoms with Crippen LogP contribution in [0.3, 0.4) is 0 Å². The van der Waals surface area contributed by atoms with Crippen LogP contribution < -0.4 is 9.47 Å². The van der Waals surface area contributed by atoms with Gasteiger partial charge in [0.05, 0.1) is 13.2 Å². The second-order valence-corrected chi connectivity index (χ2v) is 4.30. The number of nitrogens with zero attached hydrogens (tertiary/aromatic N) is 4. The summed E-state index contributed by atoms with van der Waals surface area (Å²) in [6.45, 7) is 3.76. The minimum Gasteiger partial charge on any atom is -0.481 e. The average molecular weight is 281 g/mol. The average Bonchev–Trinajstić information content (AvgIpc) is 2.37. The summed E-state index contributed by atoms with van der Waals surface area (Å²) < 4.78 is 10.5. The fourth-order valence-electron chi connectivity index (χ4n) is 1.38. The van der Waals surface area contributed by atoms with Gasteiger partial charge in [-0.2, -0.15) is 15.0 Å². The van der Waals surface area contributed by atoms with E-state index in [1.54, 1.807) is 25.4 Å². The van der Waals surface area contributed by atoms with Gasteiger partial charge in [-0.25, -0.2) is 4.98 Å². The molecule has 2 aromatic rings. The van der Waals surface area contributed by atoms with Crippen LogP contribution in [0, 0.1) is 0 Å². The lowest BCUT2D eigenvalue weighted by atomic mass is 10.2. The first kappa shape index (κ1) is 13.5. The van der Waals surface area contributed by atoms with Crippen molar-refractivity contribution in [3.63, 3.8) is 0 Å². The van der Waals surface area contributed by atoms with E-state index in [0.717, 1.165) is 5.56 Å². The highest BCUT2D eigenvalue weighted by Gasteiger charge is 2.10. The predicted molar refractivity (Wildman–Crippen MR) is 70.4 cm³/mol. The maximum absolute atomic E-state index is 5.87. The van der Waals surface area contributed by atoms with Gasteiger partial charge in [-0.15, -0.1) is 0 Å². The van der Waals surface area contributed by atoms with Gasteiger partial charge < -0.3 is 9.47 Å². The number of rotatable bonds is 4. The van der Waals surface area contributed by atoms with E-state index in [2.05, 4.69) is 19.9 Å². The van der Waals surface area contributed by atoms with E-state index in [-0.39, 0.29) is 17.4 Å². The molecule has 0 saturated heterocycles. The molecule has 0 radical (unpaired) electrons. The van der Waals surface area contributed by atoms with Crippen LogP contribution in [0.25, 0.3) is 11.4 Å². The third kappa shape index (κ3) is 3.51. The van der Waals surface area contributed by atoms with Gasteiger partial charge in [-0.3, -0.25) is 0 Å². The molecule has 100 valence electrons. The summed E-state index contributed by atoms with van der Waals surface area (Å²) >= 11 is 5.87. The highest BCUT2D eigenvalue weighted by molar-refractivity contribution is 6.28. The maximum Gasteiger partial charge on any atom is 0.321 e. The van der Waals surface area contributed by atoms with Crippen molar-refractivity contribution in [1.82, 2.24) is 19.9 Å². The topological polar surface area (TPSA) is 70.0 Å². The molecule has 0 N–H and O–H groups in total. The molecule has 0 bridgehead atoms. The Morgan fingerprint density at radius 2 is 2.00 bits per heavy atom. The first-order valence-electron chi connectivity index (χ1n) is 5.67. The fraction of sp³-hybridized carbons (Fsp3) is 0.333. The fourth-order valence-corrected chi connectivity index (χ4v) is 1.54. The number of halogens is 1. The predicted octanol–water partition coefficient (Wildman–Crippen LogP) is 2.38. The molecule has 0 fully saturated rings. The molecule has 0 aliphatic rings. The molecule has 0 atom stereocenters. The number of methoxy groups -OCH3 is 1. The lowest BCUT2D eigenvalue weighted by molar-refractivity contribution is 0.222. The molecule has 6 nitrogen and oxygen atoms in total. The van der Waals surface area contributed by atoms with Crippen LogP contribution in [0.2, 0.25) is 5.28 Å². The molecule has 0 spiro atoms. The number of aromatic nitrogens is 4. The maximum atomic E-state index is 5.87. The van der Waals surface area contributed by atoms with Crippen molar-refractivity contribution in [2.75, 3.05) is 7.11 Å². The Morgan fingerprint density at radius 3 is 2.68 bits per heavy atom. The van der Waals surface area contributed by atoms with Crippen molar-refractivity contribution in [1.29, 1.82) is 0 Å². The van der Waals surface area contributed by atoms with Crippen LogP contribution in [-0.4, -0.2) is 33.1 Å². The first-order valence-corrected chi connectivity index (χ1v) is 6.05. The Balaban J connectivity index is 2.40. The summed E-state index contributed by atoms with van der Waals surface area (Å²) in [6.07, 6.45) is 1.56. The van der Waals surface area contributed by atoms with Gasteiger partial charge in [0.2, 0.25) is 11.2 Å². The third-order valence-corrected chi connectivity index (χ3v) is 2.30. The van der Waals surface area contributed by atoms with Crippen molar-refractivity contribution in [2.24, 2.45) is 0 Å². The van der Waals surface area contributed by atoms with Crippen LogP contribution in [0.1, 0.15) is 13.8 Å². The van der Waals surface area contributed by atoms with Crippen molar-refractivity contribution in [2.45, 2.75) is 20.0 Å². The van der Waals surface area contributed by atoms with Crippen molar-refractivity contribution < 1.29 is 9.47 Å². The standard InChI is InChI=1S/C12H13ClN4O2/c1-7(2)19-12-16-10(15-11(13)17-12)8-4-5-14-9(6-8)18-3/h4-7H,1-3H3. The van der Waals surface area contributed by atoms with Gasteiger partial charge in [-0.1, -0.05) is 0 Å². The van der Waals surface area contributed by atoms with Crippen LogP contribution in [0.4, 0.5) is 0 Å². The molecule has 0 aliphatic carbocycles. The number of hydrogen-bond donors (Lipinski definition) is 0. The monoisotopic (exact) mass is 280 g/mol. The normalized spacial score (nSPS) is 10.6. The van der Waals surface area contributed by atoms with Gasteiger partial charge >= 0.3 is 6.01 Å². The molecule has 0 aromatic carbocycles. The minimum atomic E-state index is -0.0432. The van der Waals surface area contributed by atoms with Gasteiger partial charge in [0.25, 0.3) is 0 Å². The van der Waals surface area contributed by atoms with Crippen molar-refractivity contribution >= 4 is 11.6 Å². The zero-order chi connectivity index (χ0) is 13.8. The molecule has 0 saturated carbocycles. The highest BCUT2D eigenvalue weighted by Crippen LogP contribution is 2.21. The smallest absolute Gasteiger partial charge is 0.321 e. The molecular formula is C12H13ClN4O2. The molecule has 19 heavy (non-hydrogen) atoms. The summed E-state index contributed by atoms with van der Waals surface area (Å²) in [7, 11) is 1.54. The highest BCUT2D eigenvalue weighted by atomic mass is 35.5. The summed E-state index contributed by atoms with van der Waals surface area (Å²) in [5, 5.41) is 0.0800. The van der Waals surface area contributed by atoms with Gasteiger partial charge in [0.15, 0.2) is 5.82 Å². The second kappa shape index (κ2) is 5.79. The first-order chi connectivity index (χ1) is 9.08. The molecular weight excluding hydrogens is 268 g/mol. The van der Waals surface area contributed by atoms with E-state index >= 15 is 0 Å². The Kier molecular flexibility index (Phi) is 4.11. The lowest BCUT2D eigenvalue weighted by Gasteiger charge is -2.09. The van der Waals surface area contributed by atoms with Crippen LogP contribution >= 0.6 is 11.6 Å². The van der Waals surface area contributed by atoms with E-state index < -0.39 is 0 Å². The van der Waals surface area contributed by atoms with Crippen molar-refractivity contribution in [3.05, 3.63) is 23.6 Å². The van der Waals surface area contributed by atoms with Gasteiger partial charge in [0.1, 0.15) is 0 Å². The molecule has 2 aromatic heterocycles. The van der Waals surface area contributed by atoms with E-state index in [1.165, 1.54) is 0 Å². The zero-order valence-corrected chi connectivity index (χ0v) is 11.5. The van der Waals surface area contributed by atoms with Gasteiger partial charge in [0, 0.05) is 17.8 Å². The Bertz CT molecular complexity index is 577. The lowest BCUT2D eigenvalue weighted by Crippen LogP contribution is -2.09.